The van der Waals surface area contributed by atoms with Gasteiger partial charge >= 0.3 is 23.9 Å². The lowest BCUT2D eigenvalue weighted by Gasteiger charge is -2.31. The Bertz CT molecular complexity index is 827. The van der Waals surface area contributed by atoms with Crippen LogP contribution in [-0.2, 0) is 19.6 Å². The third kappa shape index (κ3) is 5.64. The van der Waals surface area contributed by atoms with E-state index in [0.29, 0.717) is 0 Å². The minimum atomic E-state index is -2.46. The Morgan fingerprint density at radius 1 is 0.700 bits per heavy atom. The highest BCUT2D eigenvalue weighted by Gasteiger charge is 2.40. The van der Waals surface area contributed by atoms with E-state index in [-0.39, 0.29) is 22.6 Å². The van der Waals surface area contributed by atoms with Gasteiger partial charge in [0.2, 0.25) is 0 Å². The van der Waals surface area contributed by atoms with Crippen molar-refractivity contribution in [1.82, 2.24) is 0 Å². The van der Waals surface area contributed by atoms with Gasteiger partial charge in [0.1, 0.15) is 22.6 Å². The summed E-state index contributed by atoms with van der Waals surface area (Å²) in [6.45, 7) is 1.99. The van der Waals surface area contributed by atoms with Crippen LogP contribution in [0.2, 0.25) is 0 Å². The van der Waals surface area contributed by atoms with Crippen molar-refractivity contribution in [1.29, 1.82) is 0 Å². The molecule has 30 heavy (non-hydrogen) atoms. The first-order valence-electron chi connectivity index (χ1n) is 8.17. The summed E-state index contributed by atoms with van der Waals surface area (Å²) in [6.07, 6.45) is 0. The average molecular weight is 426 g/mol. The highest BCUT2D eigenvalue weighted by molar-refractivity contribution is 5.91. The number of hydrogen-bond acceptors (Lipinski definition) is 10. The quantitative estimate of drug-likeness (QED) is 0.236. The number of rotatable bonds is 11. The predicted molar refractivity (Wildman–Crippen MR) is 94.5 cm³/mol. The molecule has 0 bridgehead atoms. The smallest absolute Gasteiger partial charge is 0.378 e. The molecule has 0 aliphatic heterocycles. The zero-order chi connectivity index (χ0) is 22.4. The van der Waals surface area contributed by atoms with Gasteiger partial charge in [-0.15, -0.1) is 0 Å². The fourth-order valence-corrected chi connectivity index (χ4v) is 2.12. The Morgan fingerprint density at radius 3 is 1.33 bits per heavy atom. The van der Waals surface area contributed by atoms with Crippen LogP contribution in [-0.4, -0.2) is 44.6 Å². The molecule has 0 aliphatic carbocycles. The van der Waals surface area contributed by atoms with E-state index in [9.17, 15) is 19.8 Å². The van der Waals surface area contributed by atoms with E-state index < -0.39 is 23.9 Å². The number of para-hydroxylation sites is 2. The minimum Gasteiger partial charge on any atom is -0.478 e. The minimum absolute atomic E-state index is 0.256. The Labute approximate surface area is 169 Å². The Balaban J connectivity index is 2.18. The van der Waals surface area contributed by atoms with Crippen molar-refractivity contribution in [3.8, 4) is 11.5 Å². The van der Waals surface area contributed by atoms with Crippen LogP contribution in [0.3, 0.4) is 0 Å². The molecule has 0 heterocycles. The zero-order valence-corrected chi connectivity index (χ0v) is 15.7. The molecule has 12 heteroatoms. The maximum atomic E-state index is 11.3. The summed E-state index contributed by atoms with van der Waals surface area (Å²) >= 11 is 0. The second-order valence-electron chi connectivity index (χ2n) is 5.88. The number of carbonyl (C=O) groups is 2. The monoisotopic (exact) mass is 426 g/mol. The first-order valence-corrected chi connectivity index (χ1v) is 8.17. The van der Waals surface area contributed by atoms with Gasteiger partial charge in [0.25, 0.3) is 0 Å². The van der Waals surface area contributed by atoms with Gasteiger partial charge in [-0.25, -0.2) is 20.1 Å². The van der Waals surface area contributed by atoms with E-state index in [1.54, 1.807) is 0 Å². The maximum Gasteiger partial charge on any atom is 0.378 e. The van der Waals surface area contributed by atoms with Crippen molar-refractivity contribution in [3.63, 3.8) is 0 Å². The standard InChI is InChI=1S/C18H18O12/c1-17(27-23,25-13-9-5-3-7-11(13)15(19)20)29-30-18(2,28-24)26-14-10-6-4-8-12(14)16(21)22/h3-10,23-24H,1-2H3,(H,19,20)(H,21,22). The summed E-state index contributed by atoms with van der Waals surface area (Å²) in [4.78, 5) is 40.3. The molecule has 2 rings (SSSR count). The molecule has 0 fully saturated rings. The molecule has 0 saturated carbocycles. The van der Waals surface area contributed by atoms with Crippen molar-refractivity contribution < 1.29 is 59.3 Å². The highest BCUT2D eigenvalue weighted by atomic mass is 17.4. The number of aromatic carboxylic acids is 2. The van der Waals surface area contributed by atoms with Crippen LogP contribution >= 0.6 is 0 Å². The number of benzene rings is 2. The van der Waals surface area contributed by atoms with E-state index >= 15 is 0 Å². The van der Waals surface area contributed by atoms with Gasteiger partial charge in [-0.2, -0.15) is 19.6 Å². The van der Waals surface area contributed by atoms with E-state index in [2.05, 4.69) is 9.78 Å². The Hall–Kier alpha value is -3.26. The summed E-state index contributed by atoms with van der Waals surface area (Å²) in [5, 5.41) is 36.7. The molecule has 2 aromatic carbocycles. The molecule has 2 unspecified atom stereocenters. The molecular weight excluding hydrogens is 408 g/mol. The average Bonchev–Trinajstić information content (AvgIpc) is 2.73. The van der Waals surface area contributed by atoms with Crippen molar-refractivity contribution in [2.75, 3.05) is 0 Å². The van der Waals surface area contributed by atoms with Gasteiger partial charge in [-0.05, 0) is 24.3 Å². The summed E-state index contributed by atoms with van der Waals surface area (Å²) in [6, 6.07) is 10.7. The van der Waals surface area contributed by atoms with Crippen molar-refractivity contribution in [3.05, 3.63) is 59.7 Å². The molecule has 0 aromatic heterocycles. The lowest BCUT2D eigenvalue weighted by Crippen LogP contribution is -2.45. The first-order chi connectivity index (χ1) is 14.1. The molecule has 0 spiro atoms. The normalized spacial score (nSPS) is 14.9. The number of ether oxygens (including phenoxy) is 2. The molecular formula is C18H18O12. The Kier molecular flexibility index (Phi) is 7.28. The predicted octanol–water partition coefficient (Wildman–Crippen LogP) is 2.82. The van der Waals surface area contributed by atoms with Crippen LogP contribution in [0.25, 0.3) is 0 Å². The fourth-order valence-electron chi connectivity index (χ4n) is 2.12. The fraction of sp³-hybridized carbons (Fsp3) is 0.222. The lowest BCUT2D eigenvalue weighted by molar-refractivity contribution is -0.622. The van der Waals surface area contributed by atoms with E-state index in [4.69, 9.17) is 29.8 Å². The summed E-state index contributed by atoms with van der Waals surface area (Å²) in [5.41, 5.74) is -0.561. The SMILES string of the molecule is CC(OO)(OOC(C)(OO)Oc1ccccc1C(=O)O)Oc1ccccc1C(=O)O. The maximum absolute atomic E-state index is 11.3. The highest BCUT2D eigenvalue weighted by Crippen LogP contribution is 2.29. The van der Waals surface area contributed by atoms with Gasteiger partial charge in [0, 0.05) is 13.8 Å². The molecule has 0 amide bonds. The second kappa shape index (κ2) is 9.49. The van der Waals surface area contributed by atoms with Crippen LogP contribution in [0.15, 0.2) is 48.5 Å². The third-order valence-electron chi connectivity index (χ3n) is 3.50. The largest absolute Gasteiger partial charge is 0.478 e. The van der Waals surface area contributed by atoms with Gasteiger partial charge in [0.15, 0.2) is 0 Å². The van der Waals surface area contributed by atoms with E-state index in [1.807, 2.05) is 0 Å². The molecule has 4 N–H and O–H groups in total. The van der Waals surface area contributed by atoms with Gasteiger partial charge in [-0.1, -0.05) is 24.3 Å². The van der Waals surface area contributed by atoms with E-state index in [1.165, 1.54) is 48.5 Å². The van der Waals surface area contributed by atoms with Crippen molar-refractivity contribution >= 4 is 11.9 Å². The van der Waals surface area contributed by atoms with Crippen LogP contribution in [0, 0.1) is 0 Å². The third-order valence-corrected chi connectivity index (χ3v) is 3.50. The summed E-state index contributed by atoms with van der Waals surface area (Å²) in [5.74, 6) is -8.09. The summed E-state index contributed by atoms with van der Waals surface area (Å²) in [7, 11) is 0. The number of carboxylic acids is 2. The first kappa shape index (κ1) is 23.0. The van der Waals surface area contributed by atoms with Crippen LogP contribution < -0.4 is 9.47 Å². The molecule has 0 saturated heterocycles. The van der Waals surface area contributed by atoms with E-state index in [0.717, 1.165) is 13.8 Å². The zero-order valence-electron chi connectivity index (χ0n) is 15.7. The second-order valence-corrected chi connectivity index (χ2v) is 5.88. The topological polar surface area (TPSA) is 170 Å². The molecule has 0 aliphatic rings. The van der Waals surface area contributed by atoms with Crippen LogP contribution in [0.1, 0.15) is 34.6 Å². The molecule has 0 radical (unpaired) electrons. The molecule has 2 aromatic rings. The van der Waals surface area contributed by atoms with Gasteiger partial charge in [0.05, 0.1) is 0 Å². The van der Waals surface area contributed by atoms with Crippen molar-refractivity contribution in [2.45, 2.75) is 25.8 Å². The Morgan fingerprint density at radius 2 is 1.03 bits per heavy atom. The number of carboxylic acid groups (broad SMARTS) is 2. The number of hydrogen-bond donors (Lipinski definition) is 4. The lowest BCUT2D eigenvalue weighted by atomic mass is 10.2. The molecule has 12 nitrogen and oxygen atoms in total. The van der Waals surface area contributed by atoms with Crippen LogP contribution in [0.5, 0.6) is 11.5 Å². The van der Waals surface area contributed by atoms with Crippen molar-refractivity contribution in [2.24, 2.45) is 0 Å². The van der Waals surface area contributed by atoms with Gasteiger partial charge in [-0.3, -0.25) is 0 Å². The molecule has 2 atom stereocenters. The summed E-state index contributed by atoms with van der Waals surface area (Å²) < 4.78 is 10.4. The van der Waals surface area contributed by atoms with Gasteiger partial charge < -0.3 is 19.7 Å². The molecule has 162 valence electrons. The van der Waals surface area contributed by atoms with Crippen LogP contribution in [0.4, 0.5) is 0 Å².